The molecule has 2 aromatic carbocycles. The summed E-state index contributed by atoms with van der Waals surface area (Å²) in [7, 11) is 0. The third-order valence-electron chi connectivity index (χ3n) is 6.74. The second-order valence-electron chi connectivity index (χ2n) is 9.53. The lowest BCUT2D eigenvalue weighted by Gasteiger charge is -2.27. The molecule has 0 radical (unpaired) electrons. The topological polar surface area (TPSA) is 44.8 Å². The molecule has 1 fully saturated rings. The summed E-state index contributed by atoms with van der Waals surface area (Å²) in [5.41, 5.74) is 2.66. The van der Waals surface area contributed by atoms with E-state index in [0.29, 0.717) is 5.75 Å². The zero-order valence-electron chi connectivity index (χ0n) is 21.1. The fourth-order valence-electron chi connectivity index (χ4n) is 4.50. The molecule has 0 amide bonds. The number of hydrogen-bond donors (Lipinski definition) is 0. The molecule has 0 heterocycles. The van der Waals surface area contributed by atoms with Crippen LogP contribution in [-0.4, -0.2) is 18.9 Å². The summed E-state index contributed by atoms with van der Waals surface area (Å²) in [6.45, 7) is 4.69. The van der Waals surface area contributed by atoms with Gasteiger partial charge in [-0.3, -0.25) is 4.79 Å². The van der Waals surface area contributed by atoms with Crippen LogP contribution in [0.5, 0.6) is 11.5 Å². The average Bonchev–Trinajstić information content (AvgIpc) is 2.87. The molecule has 0 unspecified atom stereocenters. The summed E-state index contributed by atoms with van der Waals surface area (Å²) in [6.07, 6.45) is 13.1. The van der Waals surface area contributed by atoms with Gasteiger partial charge in [-0.15, -0.1) is 0 Å². The van der Waals surface area contributed by atoms with E-state index in [4.69, 9.17) is 14.2 Å². The van der Waals surface area contributed by atoms with E-state index in [9.17, 15) is 4.79 Å². The molecule has 4 nitrogen and oxygen atoms in total. The van der Waals surface area contributed by atoms with Gasteiger partial charge in [0.05, 0.1) is 12.0 Å². The normalized spacial score (nSPS) is 17.9. The lowest BCUT2D eigenvalue weighted by atomic mass is 9.87. The molecule has 2 aromatic rings. The number of carbonyl (C=O) groups excluding carboxylic acids is 1. The lowest BCUT2D eigenvalue weighted by Crippen LogP contribution is -2.29. The highest BCUT2D eigenvalue weighted by Gasteiger charge is 2.28. The molecule has 188 valence electrons. The van der Waals surface area contributed by atoms with Crippen molar-refractivity contribution in [1.82, 2.24) is 0 Å². The molecule has 1 aliphatic carbocycles. The SMILES string of the molecule is CCCCCc1ccc(OCOC2CCC(C(=O)Oc3ccc(CCCCC)cc3)CC2)cc1.[HH]. The Morgan fingerprint density at radius 3 is 1.82 bits per heavy atom. The van der Waals surface area contributed by atoms with Gasteiger partial charge in [0.15, 0.2) is 6.79 Å². The summed E-state index contributed by atoms with van der Waals surface area (Å²) >= 11 is 0. The van der Waals surface area contributed by atoms with Gasteiger partial charge in [0, 0.05) is 1.43 Å². The molecule has 0 spiro atoms. The quantitative estimate of drug-likeness (QED) is 0.122. The minimum atomic E-state index is -0.118. The minimum absolute atomic E-state index is 0. The smallest absolute Gasteiger partial charge is 0.314 e. The first kappa shape index (κ1) is 26.3. The van der Waals surface area contributed by atoms with Crippen LogP contribution in [0.15, 0.2) is 48.5 Å². The first-order chi connectivity index (χ1) is 16.7. The molecular formula is C30H44O4. The van der Waals surface area contributed by atoms with Gasteiger partial charge in [-0.1, -0.05) is 63.8 Å². The Bertz CT molecular complexity index is 826. The Morgan fingerprint density at radius 1 is 0.765 bits per heavy atom. The number of hydrogen-bond acceptors (Lipinski definition) is 4. The highest BCUT2D eigenvalue weighted by molar-refractivity contribution is 5.75. The molecule has 4 heteroatoms. The van der Waals surface area contributed by atoms with E-state index in [1.165, 1.54) is 49.7 Å². The molecule has 0 aromatic heterocycles. The van der Waals surface area contributed by atoms with Crippen molar-refractivity contribution in [2.45, 2.75) is 97.0 Å². The number of esters is 1. The van der Waals surface area contributed by atoms with Gasteiger partial charge in [-0.25, -0.2) is 0 Å². The van der Waals surface area contributed by atoms with Gasteiger partial charge in [0.2, 0.25) is 0 Å². The Balaban J connectivity index is 0.00000432. The molecule has 1 aliphatic rings. The summed E-state index contributed by atoms with van der Waals surface area (Å²) in [6, 6.07) is 16.3. The zero-order chi connectivity index (χ0) is 24.0. The minimum Gasteiger partial charge on any atom is -0.468 e. The molecule has 3 rings (SSSR count). The van der Waals surface area contributed by atoms with Gasteiger partial charge in [-0.05, 0) is 86.8 Å². The van der Waals surface area contributed by atoms with E-state index in [2.05, 4.69) is 38.1 Å². The van der Waals surface area contributed by atoms with Crippen molar-refractivity contribution < 1.29 is 20.4 Å². The molecule has 0 N–H and O–H groups in total. The van der Waals surface area contributed by atoms with E-state index < -0.39 is 0 Å². The molecule has 34 heavy (non-hydrogen) atoms. The zero-order valence-corrected chi connectivity index (χ0v) is 21.1. The van der Waals surface area contributed by atoms with Gasteiger partial charge in [-0.2, -0.15) is 0 Å². The van der Waals surface area contributed by atoms with Crippen molar-refractivity contribution in [2.75, 3.05) is 6.79 Å². The fourth-order valence-corrected chi connectivity index (χ4v) is 4.50. The maximum Gasteiger partial charge on any atom is 0.314 e. The van der Waals surface area contributed by atoms with Gasteiger partial charge < -0.3 is 14.2 Å². The molecule has 0 atom stereocenters. The van der Waals surface area contributed by atoms with E-state index in [-0.39, 0.29) is 26.2 Å². The number of carbonyl (C=O) groups is 1. The van der Waals surface area contributed by atoms with Crippen LogP contribution in [0.3, 0.4) is 0 Å². The maximum absolute atomic E-state index is 12.6. The Kier molecular flexibility index (Phi) is 11.5. The van der Waals surface area contributed by atoms with E-state index in [0.717, 1.165) is 44.3 Å². The van der Waals surface area contributed by atoms with Crippen molar-refractivity contribution in [3.63, 3.8) is 0 Å². The third-order valence-corrected chi connectivity index (χ3v) is 6.74. The number of rotatable bonds is 14. The first-order valence-electron chi connectivity index (χ1n) is 13.3. The molecule has 0 bridgehead atoms. The van der Waals surface area contributed by atoms with Crippen LogP contribution < -0.4 is 9.47 Å². The van der Waals surface area contributed by atoms with Gasteiger partial charge in [0.1, 0.15) is 11.5 Å². The number of aryl methyl sites for hydroxylation is 2. The van der Waals surface area contributed by atoms with Crippen LogP contribution in [0.1, 0.15) is 90.6 Å². The summed E-state index contributed by atoms with van der Waals surface area (Å²) in [5.74, 6) is 1.32. The number of benzene rings is 2. The van der Waals surface area contributed by atoms with Crippen molar-refractivity contribution >= 4 is 5.97 Å². The van der Waals surface area contributed by atoms with Crippen molar-refractivity contribution in [3.05, 3.63) is 59.7 Å². The summed E-state index contributed by atoms with van der Waals surface area (Å²) < 4.78 is 17.3. The van der Waals surface area contributed by atoms with E-state index >= 15 is 0 Å². The second-order valence-corrected chi connectivity index (χ2v) is 9.53. The van der Waals surface area contributed by atoms with Crippen LogP contribution in [0.2, 0.25) is 0 Å². The second kappa shape index (κ2) is 14.8. The van der Waals surface area contributed by atoms with Gasteiger partial charge in [0.25, 0.3) is 0 Å². The highest BCUT2D eigenvalue weighted by Crippen LogP contribution is 2.28. The monoisotopic (exact) mass is 468 g/mol. The van der Waals surface area contributed by atoms with Crippen molar-refractivity contribution in [3.8, 4) is 11.5 Å². The Labute approximate surface area is 207 Å². The fraction of sp³-hybridized carbons (Fsp3) is 0.567. The Morgan fingerprint density at radius 2 is 1.29 bits per heavy atom. The van der Waals surface area contributed by atoms with Crippen LogP contribution in [-0.2, 0) is 22.4 Å². The van der Waals surface area contributed by atoms with E-state index in [1.54, 1.807) is 0 Å². The van der Waals surface area contributed by atoms with Crippen LogP contribution >= 0.6 is 0 Å². The predicted molar refractivity (Wildman–Crippen MR) is 139 cm³/mol. The predicted octanol–water partition coefficient (Wildman–Crippen LogP) is 7.92. The molecular weight excluding hydrogens is 424 g/mol. The maximum atomic E-state index is 12.6. The van der Waals surface area contributed by atoms with Crippen LogP contribution in [0.25, 0.3) is 0 Å². The van der Waals surface area contributed by atoms with Crippen molar-refractivity contribution in [1.29, 1.82) is 0 Å². The Hall–Kier alpha value is -2.33. The van der Waals surface area contributed by atoms with Crippen molar-refractivity contribution in [2.24, 2.45) is 5.92 Å². The number of ether oxygens (including phenoxy) is 3. The standard InChI is InChI=1S/C30H42O4.H2/c1-3-5-7-9-24-11-17-27(18-12-24)32-23-33-28-21-15-26(16-22-28)30(31)34-29-19-13-25(14-20-29)10-8-6-4-2;/h11-14,17-20,26,28H,3-10,15-16,21-23H2,1-2H3;1H. The average molecular weight is 469 g/mol. The molecule has 0 aliphatic heterocycles. The first-order valence-corrected chi connectivity index (χ1v) is 13.3. The van der Waals surface area contributed by atoms with E-state index in [1.807, 2.05) is 24.3 Å². The molecule has 0 saturated heterocycles. The third kappa shape index (κ3) is 9.13. The lowest BCUT2D eigenvalue weighted by molar-refractivity contribution is -0.141. The van der Waals surface area contributed by atoms with Crippen LogP contribution in [0, 0.1) is 5.92 Å². The summed E-state index contributed by atoms with van der Waals surface area (Å²) in [4.78, 5) is 12.6. The summed E-state index contributed by atoms with van der Waals surface area (Å²) in [5, 5.41) is 0. The van der Waals surface area contributed by atoms with Gasteiger partial charge >= 0.3 is 5.97 Å². The largest absolute Gasteiger partial charge is 0.468 e. The van der Waals surface area contributed by atoms with Crippen LogP contribution in [0.4, 0.5) is 0 Å². The number of unbranched alkanes of at least 4 members (excludes halogenated alkanes) is 4. The highest BCUT2D eigenvalue weighted by atomic mass is 16.7. The molecule has 1 saturated carbocycles.